The van der Waals surface area contributed by atoms with Crippen LogP contribution in [0.4, 0.5) is 0 Å². The molecule has 2 rings (SSSR count). The second-order valence-electron chi connectivity index (χ2n) is 5.09. The Morgan fingerprint density at radius 1 is 1.21 bits per heavy atom. The molecule has 1 heterocycles. The number of halogens is 1. The van der Waals surface area contributed by atoms with Gasteiger partial charge in [-0.1, -0.05) is 29.5 Å². The monoisotopic (exact) mass is 447 g/mol. The normalized spacial score (nSPS) is 13.7. The molecule has 0 aromatic heterocycles. The molecule has 1 aliphatic heterocycles. The number of hydrogen-bond acceptors (Lipinski definition) is 5. The molecule has 6 heteroatoms. The summed E-state index contributed by atoms with van der Waals surface area (Å²) in [5, 5.41) is 0. The van der Waals surface area contributed by atoms with Gasteiger partial charge in [0.25, 0.3) is 0 Å². The van der Waals surface area contributed by atoms with Crippen LogP contribution < -0.4 is 9.47 Å². The molecule has 0 radical (unpaired) electrons. The van der Waals surface area contributed by atoms with Crippen molar-refractivity contribution < 1.29 is 19.0 Å². The molecule has 134 valence electrons. The first-order valence-corrected chi connectivity index (χ1v) is 10.2. The molecule has 0 saturated carbocycles. The van der Waals surface area contributed by atoms with Crippen LogP contribution in [0, 0.1) is 5.92 Å². The lowest BCUT2D eigenvalue weighted by atomic mass is 9.88. The Kier molecular flexibility index (Phi) is 9.10. The lowest BCUT2D eigenvalue weighted by Crippen LogP contribution is -2.29. The van der Waals surface area contributed by atoms with Gasteiger partial charge in [0, 0.05) is 12.1 Å². The number of carbonyl (C=O) groups excluding carboxylic acids is 1. The number of carbonyl (C=O) groups is 1. The molecular formula is C18H26INO4. The lowest BCUT2D eigenvalue weighted by Gasteiger charge is -2.24. The highest BCUT2D eigenvalue weighted by Gasteiger charge is 2.29. The average molecular weight is 447 g/mol. The van der Waals surface area contributed by atoms with Crippen molar-refractivity contribution in [1.82, 2.24) is 0 Å². The van der Waals surface area contributed by atoms with E-state index in [0.29, 0.717) is 31.1 Å². The summed E-state index contributed by atoms with van der Waals surface area (Å²) in [6.07, 6.45) is 1.49. The summed E-state index contributed by atoms with van der Waals surface area (Å²) in [4.78, 5) is 18.8. The zero-order valence-electron chi connectivity index (χ0n) is 15.0. The third kappa shape index (κ3) is 4.62. The summed E-state index contributed by atoms with van der Waals surface area (Å²) in [6, 6.07) is 3.88. The van der Waals surface area contributed by atoms with Gasteiger partial charge in [-0.15, -0.1) is 0 Å². The highest BCUT2D eigenvalue weighted by Crippen LogP contribution is 2.34. The van der Waals surface area contributed by atoms with E-state index in [2.05, 4.69) is 27.6 Å². The van der Waals surface area contributed by atoms with Crippen LogP contribution in [0.25, 0.3) is 0 Å². The van der Waals surface area contributed by atoms with Gasteiger partial charge in [-0.05, 0) is 42.4 Å². The van der Waals surface area contributed by atoms with Gasteiger partial charge in [0.15, 0.2) is 11.5 Å². The predicted octanol–water partition coefficient (Wildman–Crippen LogP) is 3.69. The quantitative estimate of drug-likeness (QED) is 0.379. The van der Waals surface area contributed by atoms with E-state index in [0.717, 1.165) is 23.3 Å². The minimum atomic E-state index is -0.336. The van der Waals surface area contributed by atoms with E-state index in [1.807, 2.05) is 30.9 Å². The minimum absolute atomic E-state index is 0.216. The first-order valence-electron chi connectivity index (χ1n) is 8.00. The molecule has 0 aliphatic carbocycles. The molecule has 0 spiro atoms. The smallest absolute Gasteiger partial charge is 0.315 e. The zero-order chi connectivity index (χ0) is 18.1. The molecule has 5 nitrogen and oxygen atoms in total. The molecule has 1 unspecified atom stereocenters. The molecule has 0 N–H and O–H groups in total. The van der Waals surface area contributed by atoms with E-state index in [1.54, 1.807) is 14.2 Å². The lowest BCUT2D eigenvalue weighted by molar-refractivity contribution is -0.145. The van der Waals surface area contributed by atoms with Crippen molar-refractivity contribution in [1.29, 1.82) is 0 Å². The maximum Gasteiger partial charge on any atom is 0.315 e. The van der Waals surface area contributed by atoms with Crippen molar-refractivity contribution in [3.8, 4) is 11.5 Å². The zero-order valence-corrected chi connectivity index (χ0v) is 17.2. The van der Waals surface area contributed by atoms with Crippen molar-refractivity contribution in [3.05, 3.63) is 23.3 Å². The summed E-state index contributed by atoms with van der Waals surface area (Å²) in [7, 11) is 3.22. The standard InChI is InChI=1S/C17H23NO4.CH3I/c1-5-12(17(19)22-6-2)16-13-10-15(21-4)14(20-3)9-11(13)7-8-18-16;1-2/h9-10,12H,5-8H2,1-4H3;1H3. The Bertz CT molecular complexity index is 587. The molecule has 0 fully saturated rings. The van der Waals surface area contributed by atoms with Crippen LogP contribution in [0.15, 0.2) is 17.1 Å². The second kappa shape index (κ2) is 10.5. The Morgan fingerprint density at radius 3 is 2.38 bits per heavy atom. The first kappa shape index (κ1) is 20.7. The Morgan fingerprint density at radius 2 is 1.83 bits per heavy atom. The topological polar surface area (TPSA) is 57.1 Å². The summed E-state index contributed by atoms with van der Waals surface area (Å²) in [5.41, 5.74) is 2.89. The number of nitrogens with zero attached hydrogens (tertiary/aromatic N) is 1. The van der Waals surface area contributed by atoms with Gasteiger partial charge in [0.05, 0.1) is 32.5 Å². The van der Waals surface area contributed by atoms with Crippen molar-refractivity contribution in [3.63, 3.8) is 0 Å². The van der Waals surface area contributed by atoms with Gasteiger partial charge in [-0.2, -0.15) is 0 Å². The Hall–Kier alpha value is -1.31. The summed E-state index contributed by atoms with van der Waals surface area (Å²) >= 11 is 2.15. The Labute approximate surface area is 157 Å². The maximum absolute atomic E-state index is 12.2. The average Bonchev–Trinajstić information content (AvgIpc) is 2.63. The van der Waals surface area contributed by atoms with Crippen LogP contribution in [-0.4, -0.2) is 44.0 Å². The number of fused-ring (bicyclic) bond motifs is 1. The van der Waals surface area contributed by atoms with Crippen molar-refractivity contribution in [2.75, 3.05) is 32.3 Å². The number of hydrogen-bond donors (Lipinski definition) is 0. The third-order valence-corrected chi connectivity index (χ3v) is 3.86. The van der Waals surface area contributed by atoms with E-state index >= 15 is 0 Å². The molecule has 24 heavy (non-hydrogen) atoms. The van der Waals surface area contributed by atoms with E-state index in [-0.39, 0.29) is 11.9 Å². The summed E-state index contributed by atoms with van der Waals surface area (Å²) < 4.78 is 15.9. The van der Waals surface area contributed by atoms with Gasteiger partial charge in [0.1, 0.15) is 0 Å². The van der Waals surface area contributed by atoms with E-state index in [4.69, 9.17) is 14.2 Å². The van der Waals surface area contributed by atoms with Gasteiger partial charge < -0.3 is 14.2 Å². The Balaban J connectivity index is 0.00000139. The van der Waals surface area contributed by atoms with Gasteiger partial charge in [-0.25, -0.2) is 0 Å². The summed E-state index contributed by atoms with van der Waals surface area (Å²) in [5.74, 6) is 0.796. The van der Waals surface area contributed by atoms with E-state index in [1.165, 1.54) is 0 Å². The third-order valence-electron chi connectivity index (χ3n) is 3.86. The molecule has 1 atom stereocenters. The largest absolute Gasteiger partial charge is 0.493 e. The van der Waals surface area contributed by atoms with Gasteiger partial charge in [-0.3, -0.25) is 9.79 Å². The SMILES string of the molecule is CCOC(=O)C(CC)C1=NCCc2cc(OC)c(OC)cc21.CI. The van der Waals surface area contributed by atoms with E-state index < -0.39 is 0 Å². The van der Waals surface area contributed by atoms with E-state index in [9.17, 15) is 4.79 Å². The van der Waals surface area contributed by atoms with Crippen molar-refractivity contribution >= 4 is 34.3 Å². The maximum atomic E-state index is 12.2. The molecule has 0 saturated heterocycles. The molecule has 1 aromatic rings. The number of esters is 1. The van der Waals surface area contributed by atoms with Crippen molar-refractivity contribution in [2.24, 2.45) is 10.9 Å². The van der Waals surface area contributed by atoms with Crippen LogP contribution in [0.1, 0.15) is 31.4 Å². The van der Waals surface area contributed by atoms with Crippen molar-refractivity contribution in [2.45, 2.75) is 26.7 Å². The fourth-order valence-corrected chi connectivity index (χ4v) is 2.76. The minimum Gasteiger partial charge on any atom is -0.493 e. The summed E-state index contributed by atoms with van der Waals surface area (Å²) in [6.45, 7) is 4.84. The number of aliphatic imine (C=N–C) groups is 1. The number of ether oxygens (including phenoxy) is 3. The molecular weight excluding hydrogens is 421 g/mol. The number of alkyl halides is 1. The van der Waals surface area contributed by atoms with Gasteiger partial charge >= 0.3 is 5.97 Å². The van der Waals surface area contributed by atoms with Crippen LogP contribution in [-0.2, 0) is 16.0 Å². The molecule has 0 amide bonds. The number of benzene rings is 1. The highest BCUT2D eigenvalue weighted by molar-refractivity contribution is 14.1. The first-order chi connectivity index (χ1) is 11.7. The molecule has 1 aliphatic rings. The highest BCUT2D eigenvalue weighted by atomic mass is 127. The fourth-order valence-electron chi connectivity index (χ4n) is 2.76. The fraction of sp³-hybridized carbons (Fsp3) is 0.556. The molecule has 0 bridgehead atoms. The van der Waals surface area contributed by atoms with Crippen LogP contribution >= 0.6 is 22.6 Å². The van der Waals surface area contributed by atoms with Crippen LogP contribution in [0.5, 0.6) is 11.5 Å². The predicted molar refractivity (Wildman–Crippen MR) is 105 cm³/mol. The van der Waals surface area contributed by atoms with Crippen LogP contribution in [0.3, 0.4) is 0 Å². The number of rotatable bonds is 6. The van der Waals surface area contributed by atoms with Gasteiger partial charge in [0.2, 0.25) is 0 Å². The molecule has 1 aromatic carbocycles. The van der Waals surface area contributed by atoms with Crippen LogP contribution in [0.2, 0.25) is 0 Å². The second-order valence-corrected chi connectivity index (χ2v) is 5.09. The number of methoxy groups -OCH3 is 2.